The van der Waals surface area contributed by atoms with Crippen LogP contribution in [0.5, 0.6) is 0 Å². The fourth-order valence-corrected chi connectivity index (χ4v) is 3.22. The van der Waals surface area contributed by atoms with E-state index in [9.17, 15) is 15.2 Å². The Kier molecular flexibility index (Phi) is 4.50. The Morgan fingerprint density at radius 3 is 2.68 bits per heavy atom. The summed E-state index contributed by atoms with van der Waals surface area (Å²) in [7, 11) is 1.70. The first-order valence-electron chi connectivity index (χ1n) is 8.34. The topological polar surface area (TPSA) is 102 Å². The Balaban J connectivity index is 2.16. The minimum absolute atomic E-state index is 0.0590. The van der Waals surface area contributed by atoms with E-state index in [4.69, 9.17) is 4.74 Å². The van der Waals surface area contributed by atoms with E-state index in [0.29, 0.717) is 35.5 Å². The molecule has 0 amide bonds. The van der Waals surface area contributed by atoms with Gasteiger partial charge >= 0.3 is 0 Å². The molecule has 1 atom stereocenters. The number of nitrogens with zero attached hydrogens (tertiary/aromatic N) is 3. The van der Waals surface area contributed by atoms with Gasteiger partial charge in [0.05, 0.1) is 28.6 Å². The molecule has 132 valence electrons. The standard InChI is InChI=1S/C18H22N4O3/c1-11(23)13-4-5-14-15(20-13)16(12(10-19)17(24)21-14)22-8-6-18(2,25-3)7-9-22/h4-5,11,23H,6-9H2,1-3H3,(H,21,24). The number of ether oxygens (including phenoxy) is 1. The zero-order chi connectivity index (χ0) is 18.2. The van der Waals surface area contributed by atoms with Crippen molar-refractivity contribution in [3.63, 3.8) is 0 Å². The van der Waals surface area contributed by atoms with Crippen molar-refractivity contribution in [1.29, 1.82) is 5.26 Å². The van der Waals surface area contributed by atoms with Crippen molar-refractivity contribution < 1.29 is 9.84 Å². The molecule has 0 bridgehead atoms. The number of hydrogen-bond acceptors (Lipinski definition) is 6. The molecule has 1 unspecified atom stereocenters. The highest BCUT2D eigenvalue weighted by Crippen LogP contribution is 2.33. The van der Waals surface area contributed by atoms with Gasteiger partial charge in [-0.2, -0.15) is 5.26 Å². The number of nitrogens with one attached hydrogen (secondary N) is 1. The molecular weight excluding hydrogens is 320 g/mol. The Labute approximate surface area is 145 Å². The number of hydrogen-bond donors (Lipinski definition) is 2. The lowest BCUT2D eigenvalue weighted by molar-refractivity contribution is -0.0132. The monoisotopic (exact) mass is 342 g/mol. The lowest BCUT2D eigenvalue weighted by Crippen LogP contribution is -2.44. The number of nitriles is 1. The molecular formula is C18H22N4O3. The number of methoxy groups -OCH3 is 1. The van der Waals surface area contributed by atoms with Gasteiger partial charge in [0.2, 0.25) is 0 Å². The minimum atomic E-state index is -0.729. The molecule has 7 nitrogen and oxygen atoms in total. The van der Waals surface area contributed by atoms with Gasteiger partial charge in [-0.15, -0.1) is 0 Å². The van der Waals surface area contributed by atoms with Crippen molar-refractivity contribution in [1.82, 2.24) is 9.97 Å². The SMILES string of the molecule is COC1(C)CCN(c2c(C#N)c(=O)[nH]c3ccc(C(C)O)nc23)CC1. The number of H-pyrrole nitrogens is 1. The molecule has 0 aliphatic carbocycles. The highest BCUT2D eigenvalue weighted by molar-refractivity contribution is 5.91. The number of aliphatic hydroxyl groups excluding tert-OH is 1. The van der Waals surface area contributed by atoms with Crippen LogP contribution in [0.3, 0.4) is 0 Å². The van der Waals surface area contributed by atoms with E-state index in [1.165, 1.54) is 0 Å². The molecule has 7 heteroatoms. The molecule has 0 aromatic carbocycles. The van der Waals surface area contributed by atoms with E-state index in [1.807, 2.05) is 11.0 Å². The van der Waals surface area contributed by atoms with Crippen LogP contribution in [-0.2, 0) is 4.74 Å². The summed E-state index contributed by atoms with van der Waals surface area (Å²) >= 11 is 0. The van der Waals surface area contributed by atoms with Crippen LogP contribution < -0.4 is 10.5 Å². The van der Waals surface area contributed by atoms with E-state index in [1.54, 1.807) is 26.2 Å². The number of rotatable bonds is 3. The summed E-state index contributed by atoms with van der Waals surface area (Å²) < 4.78 is 5.57. The molecule has 0 spiro atoms. The second-order valence-corrected chi connectivity index (χ2v) is 6.74. The van der Waals surface area contributed by atoms with Gasteiger partial charge in [0.15, 0.2) is 0 Å². The van der Waals surface area contributed by atoms with Gasteiger partial charge in [0.25, 0.3) is 5.56 Å². The van der Waals surface area contributed by atoms with Crippen LogP contribution in [0.2, 0.25) is 0 Å². The average molecular weight is 342 g/mol. The largest absolute Gasteiger partial charge is 0.387 e. The molecule has 2 aromatic rings. The van der Waals surface area contributed by atoms with E-state index >= 15 is 0 Å². The fraction of sp³-hybridized carbons (Fsp3) is 0.500. The summed E-state index contributed by atoms with van der Waals surface area (Å²) in [5.74, 6) is 0. The number of anilines is 1. The van der Waals surface area contributed by atoms with Crippen molar-refractivity contribution >= 4 is 16.7 Å². The summed E-state index contributed by atoms with van der Waals surface area (Å²) in [5, 5.41) is 19.4. The zero-order valence-electron chi connectivity index (χ0n) is 14.7. The van der Waals surface area contributed by atoms with Crippen LogP contribution in [0.15, 0.2) is 16.9 Å². The number of aliphatic hydroxyl groups is 1. The quantitative estimate of drug-likeness (QED) is 0.882. The third kappa shape index (κ3) is 3.11. The van der Waals surface area contributed by atoms with E-state index < -0.39 is 11.7 Å². The molecule has 2 aromatic heterocycles. The first-order valence-corrected chi connectivity index (χ1v) is 8.34. The highest BCUT2D eigenvalue weighted by atomic mass is 16.5. The van der Waals surface area contributed by atoms with Crippen molar-refractivity contribution in [2.75, 3.05) is 25.1 Å². The maximum absolute atomic E-state index is 12.3. The minimum Gasteiger partial charge on any atom is -0.387 e. The lowest BCUT2D eigenvalue weighted by atomic mass is 9.92. The normalized spacial score (nSPS) is 18.1. The Bertz CT molecular complexity index is 890. The van der Waals surface area contributed by atoms with Crippen LogP contribution in [0.4, 0.5) is 5.69 Å². The first-order chi connectivity index (χ1) is 11.9. The van der Waals surface area contributed by atoms with E-state index in [2.05, 4.69) is 16.9 Å². The number of fused-ring (bicyclic) bond motifs is 1. The average Bonchev–Trinajstić information content (AvgIpc) is 2.61. The summed E-state index contributed by atoms with van der Waals surface area (Å²) in [6.45, 7) is 5.03. The Morgan fingerprint density at radius 2 is 2.12 bits per heavy atom. The van der Waals surface area contributed by atoms with Gasteiger partial charge < -0.3 is 19.7 Å². The third-order valence-corrected chi connectivity index (χ3v) is 5.02. The molecule has 1 saturated heterocycles. The Hall–Kier alpha value is -2.43. The number of aromatic amines is 1. The lowest BCUT2D eigenvalue weighted by Gasteiger charge is -2.39. The van der Waals surface area contributed by atoms with Gasteiger partial charge in [-0.1, -0.05) is 0 Å². The molecule has 3 rings (SSSR count). The van der Waals surface area contributed by atoms with Crippen molar-refractivity contribution in [3.05, 3.63) is 33.7 Å². The zero-order valence-corrected chi connectivity index (χ0v) is 14.7. The summed E-state index contributed by atoms with van der Waals surface area (Å²) in [6, 6.07) is 5.42. The third-order valence-electron chi connectivity index (χ3n) is 5.02. The number of piperidine rings is 1. The molecule has 1 fully saturated rings. The fourth-order valence-electron chi connectivity index (χ4n) is 3.22. The van der Waals surface area contributed by atoms with Crippen molar-refractivity contribution in [3.8, 4) is 6.07 Å². The summed E-state index contributed by atoms with van der Waals surface area (Å²) in [4.78, 5) is 21.6. The Morgan fingerprint density at radius 1 is 1.44 bits per heavy atom. The molecule has 3 heterocycles. The van der Waals surface area contributed by atoms with Crippen LogP contribution in [0.25, 0.3) is 11.0 Å². The van der Waals surface area contributed by atoms with E-state index in [-0.39, 0.29) is 11.2 Å². The molecule has 1 aliphatic heterocycles. The van der Waals surface area contributed by atoms with Crippen LogP contribution in [0.1, 0.15) is 44.1 Å². The summed E-state index contributed by atoms with van der Waals surface area (Å²) in [6.07, 6.45) is 0.852. The molecule has 0 radical (unpaired) electrons. The molecule has 1 aliphatic rings. The molecule has 25 heavy (non-hydrogen) atoms. The van der Waals surface area contributed by atoms with Crippen LogP contribution in [0, 0.1) is 11.3 Å². The van der Waals surface area contributed by atoms with Crippen LogP contribution >= 0.6 is 0 Å². The number of aromatic nitrogens is 2. The smallest absolute Gasteiger partial charge is 0.268 e. The predicted molar refractivity (Wildman–Crippen MR) is 94.6 cm³/mol. The van der Waals surface area contributed by atoms with Crippen LogP contribution in [-0.4, -0.2) is 40.9 Å². The number of pyridine rings is 2. The van der Waals surface area contributed by atoms with Gasteiger partial charge in [0.1, 0.15) is 17.1 Å². The van der Waals surface area contributed by atoms with Gasteiger partial charge in [-0.25, -0.2) is 4.98 Å². The predicted octanol–water partition coefficient (Wildman–Crippen LogP) is 1.85. The maximum atomic E-state index is 12.3. The molecule has 0 saturated carbocycles. The first kappa shape index (κ1) is 17.4. The summed E-state index contributed by atoms with van der Waals surface area (Å²) in [5.41, 5.74) is 1.59. The van der Waals surface area contributed by atoms with Crippen molar-refractivity contribution in [2.24, 2.45) is 0 Å². The second-order valence-electron chi connectivity index (χ2n) is 6.74. The maximum Gasteiger partial charge on any atom is 0.268 e. The molecule has 2 N–H and O–H groups in total. The van der Waals surface area contributed by atoms with Gasteiger partial charge in [-0.3, -0.25) is 4.79 Å². The van der Waals surface area contributed by atoms with E-state index in [0.717, 1.165) is 12.8 Å². The van der Waals surface area contributed by atoms with Gasteiger partial charge in [0, 0.05) is 20.2 Å². The van der Waals surface area contributed by atoms with Gasteiger partial charge in [-0.05, 0) is 38.8 Å². The van der Waals surface area contributed by atoms with Crippen molar-refractivity contribution in [2.45, 2.75) is 38.4 Å². The highest BCUT2D eigenvalue weighted by Gasteiger charge is 2.32. The second kappa shape index (κ2) is 6.47.